The first-order valence-electron chi connectivity index (χ1n) is 9.00. The average molecular weight is 341 g/mol. The first-order chi connectivity index (χ1) is 12.3. The number of nitrogens with one attached hydrogen (secondary N) is 2. The molecule has 0 unspecified atom stereocenters. The SMILES string of the molecule is COc1ccc(CNc2ncnc(NC3CCCCCC3)c2N)cc1. The van der Waals surface area contributed by atoms with Crippen molar-refractivity contribution in [3.05, 3.63) is 36.2 Å². The Hall–Kier alpha value is -2.50. The standard InChI is InChI=1S/C19H27N5O/c1-25-16-10-8-14(9-11-16)12-21-18-17(20)19(23-13-22-18)24-15-6-4-2-3-5-7-15/h8-11,13,15H,2-7,12,20H2,1H3,(H2,21,22,23,24). The van der Waals surface area contributed by atoms with E-state index in [9.17, 15) is 0 Å². The number of nitrogen functional groups attached to an aromatic ring is 1. The lowest BCUT2D eigenvalue weighted by molar-refractivity contribution is 0.414. The van der Waals surface area contributed by atoms with Crippen LogP contribution in [-0.2, 0) is 6.54 Å². The second-order valence-electron chi connectivity index (χ2n) is 6.52. The number of ether oxygens (including phenoxy) is 1. The van der Waals surface area contributed by atoms with Gasteiger partial charge in [-0.2, -0.15) is 0 Å². The third kappa shape index (κ3) is 4.75. The van der Waals surface area contributed by atoms with Gasteiger partial charge in [0.1, 0.15) is 17.8 Å². The van der Waals surface area contributed by atoms with Crippen LogP contribution >= 0.6 is 0 Å². The van der Waals surface area contributed by atoms with Crippen molar-refractivity contribution in [2.75, 3.05) is 23.5 Å². The van der Waals surface area contributed by atoms with Gasteiger partial charge in [0.2, 0.25) is 0 Å². The first-order valence-corrected chi connectivity index (χ1v) is 9.00. The Kier molecular flexibility index (Phi) is 5.93. The van der Waals surface area contributed by atoms with E-state index in [4.69, 9.17) is 10.5 Å². The van der Waals surface area contributed by atoms with E-state index in [-0.39, 0.29) is 0 Å². The van der Waals surface area contributed by atoms with E-state index in [1.165, 1.54) is 38.5 Å². The highest BCUT2D eigenvalue weighted by atomic mass is 16.5. The molecule has 1 aliphatic carbocycles. The Bertz CT molecular complexity index is 666. The normalized spacial score (nSPS) is 15.4. The number of benzene rings is 1. The number of methoxy groups -OCH3 is 1. The van der Waals surface area contributed by atoms with Gasteiger partial charge in [-0.3, -0.25) is 0 Å². The van der Waals surface area contributed by atoms with Crippen LogP contribution in [0.5, 0.6) is 5.75 Å². The number of nitrogens with zero attached hydrogens (tertiary/aromatic N) is 2. The second kappa shape index (κ2) is 8.55. The Morgan fingerprint density at radius 2 is 1.72 bits per heavy atom. The minimum absolute atomic E-state index is 0.453. The molecule has 6 nitrogen and oxygen atoms in total. The molecule has 0 aliphatic heterocycles. The second-order valence-corrected chi connectivity index (χ2v) is 6.52. The van der Waals surface area contributed by atoms with Crippen molar-refractivity contribution in [2.24, 2.45) is 0 Å². The number of aromatic nitrogens is 2. The summed E-state index contributed by atoms with van der Waals surface area (Å²) in [5, 5.41) is 6.81. The molecule has 0 bridgehead atoms. The molecule has 1 aromatic heterocycles. The summed E-state index contributed by atoms with van der Waals surface area (Å²) in [4.78, 5) is 8.62. The van der Waals surface area contributed by atoms with Crippen LogP contribution in [0.25, 0.3) is 0 Å². The summed E-state index contributed by atoms with van der Waals surface area (Å²) < 4.78 is 5.18. The molecular formula is C19H27N5O. The third-order valence-corrected chi connectivity index (χ3v) is 4.70. The molecule has 25 heavy (non-hydrogen) atoms. The average Bonchev–Trinajstić information content (AvgIpc) is 2.91. The van der Waals surface area contributed by atoms with Gasteiger partial charge >= 0.3 is 0 Å². The number of hydrogen-bond donors (Lipinski definition) is 3. The van der Waals surface area contributed by atoms with Gasteiger partial charge in [-0.1, -0.05) is 37.8 Å². The molecule has 0 spiro atoms. The van der Waals surface area contributed by atoms with Crippen molar-refractivity contribution < 1.29 is 4.74 Å². The van der Waals surface area contributed by atoms with Gasteiger partial charge in [-0.15, -0.1) is 0 Å². The van der Waals surface area contributed by atoms with Crippen molar-refractivity contribution in [3.63, 3.8) is 0 Å². The lowest BCUT2D eigenvalue weighted by Crippen LogP contribution is -2.20. The van der Waals surface area contributed by atoms with E-state index in [1.54, 1.807) is 13.4 Å². The lowest BCUT2D eigenvalue weighted by Gasteiger charge is -2.19. The van der Waals surface area contributed by atoms with Gasteiger partial charge in [0.25, 0.3) is 0 Å². The minimum atomic E-state index is 0.453. The monoisotopic (exact) mass is 341 g/mol. The highest BCUT2D eigenvalue weighted by molar-refractivity contribution is 5.74. The number of nitrogens with two attached hydrogens (primary N) is 1. The summed E-state index contributed by atoms with van der Waals surface area (Å²) in [6.45, 7) is 0.647. The molecule has 4 N–H and O–H groups in total. The van der Waals surface area contributed by atoms with Crippen LogP contribution in [0.4, 0.5) is 17.3 Å². The molecule has 2 aromatic rings. The van der Waals surface area contributed by atoms with E-state index in [1.807, 2.05) is 24.3 Å². The van der Waals surface area contributed by atoms with E-state index in [0.717, 1.165) is 17.1 Å². The van der Waals surface area contributed by atoms with Crippen LogP contribution in [0.1, 0.15) is 44.1 Å². The zero-order valence-corrected chi connectivity index (χ0v) is 14.8. The Balaban J connectivity index is 1.63. The van der Waals surface area contributed by atoms with Gasteiger partial charge < -0.3 is 21.1 Å². The predicted octanol–water partition coefficient (Wildman–Crippen LogP) is 3.81. The molecule has 0 saturated heterocycles. The van der Waals surface area contributed by atoms with Crippen LogP contribution in [0.2, 0.25) is 0 Å². The predicted molar refractivity (Wildman–Crippen MR) is 102 cm³/mol. The van der Waals surface area contributed by atoms with Gasteiger partial charge in [0.15, 0.2) is 11.6 Å². The summed E-state index contributed by atoms with van der Waals surface area (Å²) in [5.41, 5.74) is 8.00. The Morgan fingerprint density at radius 1 is 1.04 bits per heavy atom. The van der Waals surface area contributed by atoms with Gasteiger partial charge in [-0.05, 0) is 30.5 Å². The van der Waals surface area contributed by atoms with Crippen LogP contribution in [-0.4, -0.2) is 23.1 Å². The van der Waals surface area contributed by atoms with Crippen molar-refractivity contribution >= 4 is 17.3 Å². The van der Waals surface area contributed by atoms with Gasteiger partial charge in [0, 0.05) is 12.6 Å². The van der Waals surface area contributed by atoms with Crippen LogP contribution in [0.15, 0.2) is 30.6 Å². The van der Waals surface area contributed by atoms with Crippen molar-refractivity contribution in [1.29, 1.82) is 0 Å². The Labute approximate surface area is 149 Å². The van der Waals surface area contributed by atoms with Crippen molar-refractivity contribution in [3.8, 4) is 5.75 Å². The van der Waals surface area contributed by atoms with Gasteiger partial charge in [-0.25, -0.2) is 9.97 Å². The fraction of sp³-hybridized carbons (Fsp3) is 0.474. The van der Waals surface area contributed by atoms with E-state index < -0.39 is 0 Å². The smallest absolute Gasteiger partial charge is 0.155 e. The lowest BCUT2D eigenvalue weighted by atomic mass is 10.1. The molecule has 0 atom stereocenters. The molecule has 1 heterocycles. The van der Waals surface area contributed by atoms with E-state index >= 15 is 0 Å². The fourth-order valence-electron chi connectivity index (χ4n) is 3.20. The minimum Gasteiger partial charge on any atom is -0.497 e. The molecule has 3 rings (SSSR count). The number of hydrogen-bond acceptors (Lipinski definition) is 6. The van der Waals surface area contributed by atoms with E-state index in [0.29, 0.717) is 24.1 Å². The molecule has 0 radical (unpaired) electrons. The highest BCUT2D eigenvalue weighted by Crippen LogP contribution is 2.27. The molecule has 1 aliphatic rings. The summed E-state index contributed by atoms with van der Waals surface area (Å²) >= 11 is 0. The summed E-state index contributed by atoms with van der Waals surface area (Å²) in [5.74, 6) is 2.25. The fourth-order valence-corrected chi connectivity index (χ4v) is 3.20. The first kappa shape index (κ1) is 17.3. The highest BCUT2D eigenvalue weighted by Gasteiger charge is 2.15. The maximum atomic E-state index is 6.28. The third-order valence-electron chi connectivity index (χ3n) is 4.70. The molecule has 1 saturated carbocycles. The Morgan fingerprint density at radius 3 is 2.40 bits per heavy atom. The summed E-state index contributed by atoms with van der Waals surface area (Å²) in [6, 6.07) is 8.38. The molecule has 1 fully saturated rings. The zero-order valence-electron chi connectivity index (χ0n) is 14.8. The molecular weight excluding hydrogens is 314 g/mol. The largest absolute Gasteiger partial charge is 0.497 e. The quantitative estimate of drug-likeness (QED) is 0.693. The number of rotatable bonds is 6. The summed E-state index contributed by atoms with van der Waals surface area (Å²) in [6.07, 6.45) is 9.11. The topological polar surface area (TPSA) is 85.1 Å². The van der Waals surface area contributed by atoms with Crippen molar-refractivity contribution in [2.45, 2.75) is 51.1 Å². The molecule has 6 heteroatoms. The maximum Gasteiger partial charge on any atom is 0.155 e. The van der Waals surface area contributed by atoms with E-state index in [2.05, 4.69) is 20.6 Å². The van der Waals surface area contributed by atoms with Crippen molar-refractivity contribution in [1.82, 2.24) is 9.97 Å². The van der Waals surface area contributed by atoms with Crippen LogP contribution in [0.3, 0.4) is 0 Å². The maximum absolute atomic E-state index is 6.28. The zero-order chi connectivity index (χ0) is 17.5. The summed E-state index contributed by atoms with van der Waals surface area (Å²) in [7, 11) is 1.66. The number of anilines is 3. The van der Waals surface area contributed by atoms with Crippen LogP contribution in [0, 0.1) is 0 Å². The van der Waals surface area contributed by atoms with Crippen LogP contribution < -0.4 is 21.1 Å². The van der Waals surface area contributed by atoms with Gasteiger partial charge in [0.05, 0.1) is 7.11 Å². The molecule has 0 amide bonds. The molecule has 134 valence electrons. The molecule has 1 aromatic carbocycles.